The molecule has 138 valence electrons. The van der Waals surface area contributed by atoms with Gasteiger partial charge >= 0.3 is 0 Å². The monoisotopic (exact) mass is 376 g/mol. The highest BCUT2D eigenvalue weighted by atomic mass is 35.5. The molecule has 0 aliphatic carbocycles. The summed E-state index contributed by atoms with van der Waals surface area (Å²) in [5.74, 6) is 0.218. The van der Waals surface area contributed by atoms with Crippen LogP contribution in [-0.4, -0.2) is 53.4 Å². The van der Waals surface area contributed by atoms with Gasteiger partial charge in [0.2, 0.25) is 5.91 Å². The fraction of sp³-hybridized carbons (Fsp3) is 0.368. The molecule has 1 fully saturated rings. The van der Waals surface area contributed by atoms with E-state index in [0.717, 1.165) is 44.7 Å². The van der Waals surface area contributed by atoms with E-state index in [1.165, 1.54) is 18.3 Å². The highest BCUT2D eigenvalue weighted by molar-refractivity contribution is 6.30. The number of halogens is 2. The van der Waals surface area contributed by atoms with Crippen molar-refractivity contribution >= 4 is 23.3 Å². The Morgan fingerprint density at radius 3 is 2.54 bits per heavy atom. The lowest BCUT2D eigenvalue weighted by Crippen LogP contribution is -2.36. The average Bonchev–Trinajstić information content (AvgIpc) is 2.84. The van der Waals surface area contributed by atoms with E-state index in [4.69, 9.17) is 11.6 Å². The van der Waals surface area contributed by atoms with Crippen LogP contribution in [0.1, 0.15) is 12.0 Å². The van der Waals surface area contributed by atoms with E-state index in [1.807, 2.05) is 12.1 Å². The molecule has 1 saturated heterocycles. The van der Waals surface area contributed by atoms with Crippen molar-refractivity contribution in [2.24, 2.45) is 0 Å². The Balaban J connectivity index is 1.46. The predicted octanol–water partition coefficient (Wildman–Crippen LogP) is 3.02. The zero-order chi connectivity index (χ0) is 18.4. The van der Waals surface area contributed by atoms with Gasteiger partial charge in [-0.15, -0.1) is 0 Å². The molecule has 3 rings (SSSR count). The molecule has 0 saturated carbocycles. The number of carbonyl (C=O) groups is 1. The minimum atomic E-state index is -0.211. The molecular formula is C19H22ClFN4O. The Bertz CT molecular complexity index is 723. The van der Waals surface area contributed by atoms with Crippen molar-refractivity contribution in [1.82, 2.24) is 14.8 Å². The van der Waals surface area contributed by atoms with Gasteiger partial charge in [-0.2, -0.15) is 0 Å². The summed E-state index contributed by atoms with van der Waals surface area (Å²) in [6, 6.07) is 10.0. The summed E-state index contributed by atoms with van der Waals surface area (Å²) in [7, 11) is 0. The van der Waals surface area contributed by atoms with Gasteiger partial charge in [-0.25, -0.2) is 9.37 Å². The van der Waals surface area contributed by atoms with E-state index >= 15 is 0 Å². The summed E-state index contributed by atoms with van der Waals surface area (Å²) in [5.41, 5.74) is 1.10. The lowest BCUT2D eigenvalue weighted by Gasteiger charge is -2.21. The molecule has 0 spiro atoms. The maximum atomic E-state index is 13.0. The van der Waals surface area contributed by atoms with Gasteiger partial charge in [-0.1, -0.05) is 23.7 Å². The fourth-order valence-electron chi connectivity index (χ4n) is 3.02. The Hall–Kier alpha value is -2.02. The molecule has 26 heavy (non-hydrogen) atoms. The van der Waals surface area contributed by atoms with Gasteiger partial charge in [-0.05, 0) is 49.3 Å². The van der Waals surface area contributed by atoms with Crippen LogP contribution in [0.15, 0.2) is 42.6 Å². The molecule has 0 radical (unpaired) electrons. The number of amides is 1. The second kappa shape index (κ2) is 9.07. The number of nitrogens with zero attached hydrogens (tertiary/aromatic N) is 3. The molecule has 0 bridgehead atoms. The molecule has 2 aromatic rings. The summed E-state index contributed by atoms with van der Waals surface area (Å²) < 4.78 is 13.0. The molecule has 7 heteroatoms. The number of aromatic nitrogens is 1. The van der Waals surface area contributed by atoms with Crippen LogP contribution < -0.4 is 5.32 Å². The summed E-state index contributed by atoms with van der Waals surface area (Å²) >= 11 is 5.79. The molecular weight excluding hydrogens is 355 g/mol. The van der Waals surface area contributed by atoms with Gasteiger partial charge in [0.05, 0.1) is 11.6 Å². The minimum absolute atomic E-state index is 0.0770. The van der Waals surface area contributed by atoms with Crippen molar-refractivity contribution in [3.05, 3.63) is 59.0 Å². The number of rotatable bonds is 5. The van der Waals surface area contributed by atoms with Crippen molar-refractivity contribution in [1.29, 1.82) is 0 Å². The second-order valence-corrected chi connectivity index (χ2v) is 6.88. The minimum Gasteiger partial charge on any atom is -0.310 e. The number of benzene rings is 1. The van der Waals surface area contributed by atoms with Gasteiger partial charge in [0.25, 0.3) is 0 Å². The van der Waals surface area contributed by atoms with Crippen molar-refractivity contribution in [2.75, 3.05) is 38.0 Å². The molecule has 1 aromatic heterocycles. The zero-order valence-corrected chi connectivity index (χ0v) is 15.3. The van der Waals surface area contributed by atoms with Crippen molar-refractivity contribution < 1.29 is 9.18 Å². The van der Waals surface area contributed by atoms with E-state index in [-0.39, 0.29) is 11.7 Å². The molecule has 5 nitrogen and oxygen atoms in total. The SMILES string of the molecule is O=C(CN1CCCN(Cc2ccc(F)cc2)CC1)Nc1ccc(Cl)cn1. The van der Waals surface area contributed by atoms with Gasteiger partial charge in [0, 0.05) is 25.8 Å². The number of pyridine rings is 1. The van der Waals surface area contributed by atoms with E-state index in [2.05, 4.69) is 20.1 Å². The van der Waals surface area contributed by atoms with E-state index in [9.17, 15) is 9.18 Å². The average molecular weight is 377 g/mol. The number of hydrogen-bond donors (Lipinski definition) is 1. The first-order valence-corrected chi connectivity index (χ1v) is 9.07. The number of nitrogens with one attached hydrogen (secondary N) is 1. The number of anilines is 1. The quantitative estimate of drug-likeness (QED) is 0.871. The Labute approximate surface area is 157 Å². The van der Waals surface area contributed by atoms with E-state index < -0.39 is 0 Å². The standard InChI is InChI=1S/C19H22ClFN4O/c20-16-4-7-18(22-12-16)23-19(26)14-25-9-1-8-24(10-11-25)13-15-2-5-17(21)6-3-15/h2-7,12H,1,8-11,13-14H2,(H,22,23,26). The summed E-state index contributed by atoms with van der Waals surface area (Å²) in [5, 5.41) is 3.33. The maximum Gasteiger partial charge on any atom is 0.239 e. The van der Waals surface area contributed by atoms with Crippen LogP contribution in [-0.2, 0) is 11.3 Å². The topological polar surface area (TPSA) is 48.5 Å². The molecule has 1 aromatic carbocycles. The Morgan fingerprint density at radius 1 is 1.08 bits per heavy atom. The fourth-order valence-corrected chi connectivity index (χ4v) is 3.14. The molecule has 1 aliphatic rings. The van der Waals surface area contributed by atoms with Crippen LogP contribution in [0.25, 0.3) is 0 Å². The Morgan fingerprint density at radius 2 is 1.81 bits per heavy atom. The molecule has 2 heterocycles. The van der Waals surface area contributed by atoms with Crippen molar-refractivity contribution in [2.45, 2.75) is 13.0 Å². The first kappa shape index (κ1) is 18.8. The molecule has 1 N–H and O–H groups in total. The van der Waals surface area contributed by atoms with E-state index in [0.29, 0.717) is 17.4 Å². The first-order valence-electron chi connectivity index (χ1n) is 8.69. The second-order valence-electron chi connectivity index (χ2n) is 6.44. The molecule has 1 amide bonds. The van der Waals surface area contributed by atoms with Gasteiger partial charge in [-0.3, -0.25) is 14.6 Å². The van der Waals surface area contributed by atoms with Gasteiger partial charge in [0.1, 0.15) is 11.6 Å². The van der Waals surface area contributed by atoms with Crippen molar-refractivity contribution in [3.8, 4) is 0 Å². The summed E-state index contributed by atoms with van der Waals surface area (Å²) in [4.78, 5) is 20.8. The van der Waals surface area contributed by atoms with Crippen LogP contribution in [0.2, 0.25) is 5.02 Å². The highest BCUT2D eigenvalue weighted by Gasteiger charge is 2.17. The predicted molar refractivity (Wildman–Crippen MR) is 101 cm³/mol. The normalized spacial score (nSPS) is 16.2. The first-order chi connectivity index (χ1) is 12.6. The number of hydrogen-bond acceptors (Lipinski definition) is 4. The van der Waals surface area contributed by atoms with Crippen molar-refractivity contribution in [3.63, 3.8) is 0 Å². The van der Waals surface area contributed by atoms with Gasteiger partial charge in [0.15, 0.2) is 0 Å². The van der Waals surface area contributed by atoms with Crippen LogP contribution in [0.3, 0.4) is 0 Å². The lowest BCUT2D eigenvalue weighted by atomic mass is 10.2. The van der Waals surface area contributed by atoms with E-state index in [1.54, 1.807) is 12.1 Å². The zero-order valence-electron chi connectivity index (χ0n) is 14.5. The third-order valence-corrected chi connectivity index (χ3v) is 4.59. The largest absolute Gasteiger partial charge is 0.310 e. The molecule has 0 unspecified atom stereocenters. The smallest absolute Gasteiger partial charge is 0.239 e. The van der Waals surface area contributed by atoms with Crippen LogP contribution in [0.5, 0.6) is 0 Å². The summed E-state index contributed by atoms with van der Waals surface area (Å²) in [6.07, 6.45) is 2.50. The third-order valence-electron chi connectivity index (χ3n) is 4.36. The lowest BCUT2D eigenvalue weighted by molar-refractivity contribution is -0.117. The third kappa shape index (κ3) is 5.76. The molecule has 1 aliphatic heterocycles. The Kier molecular flexibility index (Phi) is 6.55. The van der Waals surface area contributed by atoms with Gasteiger partial charge < -0.3 is 5.32 Å². The van der Waals surface area contributed by atoms with Crippen LogP contribution in [0.4, 0.5) is 10.2 Å². The molecule has 0 atom stereocenters. The number of carbonyl (C=O) groups excluding carboxylic acids is 1. The maximum absolute atomic E-state index is 13.0. The summed E-state index contributed by atoms with van der Waals surface area (Å²) in [6.45, 7) is 4.69. The highest BCUT2D eigenvalue weighted by Crippen LogP contribution is 2.11. The van der Waals surface area contributed by atoms with Crippen LogP contribution >= 0.6 is 11.6 Å². The van der Waals surface area contributed by atoms with Crippen LogP contribution in [0, 0.1) is 5.82 Å².